The van der Waals surface area contributed by atoms with Gasteiger partial charge in [-0.25, -0.2) is 9.69 Å². The summed E-state index contributed by atoms with van der Waals surface area (Å²) in [5.74, 6) is 0.432. The number of carbonyl (C=O) groups excluding carboxylic acids is 2. The smallest absolute Gasteiger partial charge is 0.417 e. The summed E-state index contributed by atoms with van der Waals surface area (Å²) in [7, 11) is 0. The zero-order valence-corrected chi connectivity index (χ0v) is 8.70. The molecule has 2 heterocycles. The third-order valence-corrected chi connectivity index (χ3v) is 3.06. The quantitative estimate of drug-likeness (QED) is 0.733. The molecule has 0 bridgehead atoms. The highest BCUT2D eigenvalue weighted by Gasteiger charge is 2.31. The van der Waals surface area contributed by atoms with Crippen LogP contribution in [0.4, 0.5) is 4.79 Å². The Hall–Kier alpha value is -1.10. The van der Waals surface area contributed by atoms with Crippen LogP contribution in [0.2, 0.25) is 0 Å². The maximum atomic E-state index is 11.2. The predicted octanol–water partition coefficient (Wildman–Crippen LogP) is 0.355. The number of cyclic esters (lactones) is 1. The third-order valence-electron chi connectivity index (χ3n) is 3.06. The van der Waals surface area contributed by atoms with Gasteiger partial charge in [-0.3, -0.25) is 4.79 Å². The molecule has 15 heavy (non-hydrogen) atoms. The van der Waals surface area contributed by atoms with Crippen LogP contribution >= 0.6 is 0 Å². The molecule has 5 heteroatoms. The number of hydrogen-bond donors (Lipinski definition) is 1. The van der Waals surface area contributed by atoms with Crippen LogP contribution in [0.25, 0.3) is 0 Å². The summed E-state index contributed by atoms with van der Waals surface area (Å²) >= 11 is 0. The highest BCUT2D eigenvalue weighted by molar-refractivity contribution is 5.97. The summed E-state index contributed by atoms with van der Waals surface area (Å²) in [6, 6.07) is 0. The van der Waals surface area contributed by atoms with Crippen LogP contribution in [0.15, 0.2) is 0 Å². The van der Waals surface area contributed by atoms with Gasteiger partial charge in [-0.1, -0.05) is 0 Å². The Labute approximate surface area is 88.8 Å². The van der Waals surface area contributed by atoms with Crippen molar-refractivity contribution in [1.82, 2.24) is 10.2 Å². The van der Waals surface area contributed by atoms with E-state index in [4.69, 9.17) is 0 Å². The van der Waals surface area contributed by atoms with Crippen LogP contribution in [0.1, 0.15) is 19.3 Å². The topological polar surface area (TPSA) is 58.6 Å². The first-order valence-electron chi connectivity index (χ1n) is 5.45. The fraction of sp³-hybridized carbons (Fsp3) is 0.800. The number of nitrogens with zero attached hydrogens (tertiary/aromatic N) is 1. The maximum Gasteiger partial charge on any atom is 0.417 e. The Morgan fingerprint density at radius 2 is 2.07 bits per heavy atom. The molecule has 1 N–H and O–H groups in total. The molecule has 2 rings (SSSR count). The maximum absolute atomic E-state index is 11.2. The zero-order valence-electron chi connectivity index (χ0n) is 8.70. The van der Waals surface area contributed by atoms with Gasteiger partial charge in [0.25, 0.3) is 5.91 Å². The molecule has 0 aliphatic carbocycles. The van der Waals surface area contributed by atoms with Crippen LogP contribution in [0.5, 0.6) is 0 Å². The molecular formula is C10H16N2O3. The van der Waals surface area contributed by atoms with Gasteiger partial charge >= 0.3 is 6.09 Å². The van der Waals surface area contributed by atoms with Gasteiger partial charge < -0.3 is 10.1 Å². The first-order chi connectivity index (χ1) is 7.27. The van der Waals surface area contributed by atoms with Crippen LogP contribution in [-0.2, 0) is 9.53 Å². The fourth-order valence-electron chi connectivity index (χ4n) is 2.08. The zero-order chi connectivity index (χ0) is 10.7. The largest absolute Gasteiger partial charge is 0.439 e. The van der Waals surface area contributed by atoms with Crippen LogP contribution < -0.4 is 5.32 Å². The number of hydrogen-bond acceptors (Lipinski definition) is 4. The van der Waals surface area contributed by atoms with E-state index in [1.54, 1.807) is 0 Å². The number of carbonyl (C=O) groups is 2. The van der Waals surface area contributed by atoms with Gasteiger partial charge in [-0.2, -0.15) is 0 Å². The van der Waals surface area contributed by atoms with E-state index in [2.05, 4.69) is 10.1 Å². The van der Waals surface area contributed by atoms with Crippen LogP contribution in [0.3, 0.4) is 0 Å². The van der Waals surface area contributed by atoms with Crippen molar-refractivity contribution in [3.05, 3.63) is 0 Å². The molecule has 0 unspecified atom stereocenters. The summed E-state index contributed by atoms with van der Waals surface area (Å²) in [5, 5.41) is 3.29. The summed E-state index contributed by atoms with van der Waals surface area (Å²) in [4.78, 5) is 23.6. The van der Waals surface area contributed by atoms with Crippen molar-refractivity contribution >= 4 is 12.0 Å². The SMILES string of the molecule is O=C1COC(=O)N1CCC1CCNCC1. The molecule has 2 fully saturated rings. The van der Waals surface area contributed by atoms with Gasteiger partial charge in [-0.15, -0.1) is 0 Å². The molecule has 0 aromatic rings. The lowest BCUT2D eigenvalue weighted by Crippen LogP contribution is -2.34. The lowest BCUT2D eigenvalue weighted by Gasteiger charge is -2.23. The number of piperidine rings is 1. The normalized spacial score (nSPS) is 23.3. The van der Waals surface area contributed by atoms with E-state index in [9.17, 15) is 9.59 Å². The minimum absolute atomic E-state index is 0.0783. The van der Waals surface area contributed by atoms with E-state index < -0.39 is 6.09 Å². The summed E-state index contributed by atoms with van der Waals surface area (Å²) < 4.78 is 4.64. The molecule has 2 amide bonds. The molecule has 2 aliphatic rings. The Bertz CT molecular complexity index is 245. The Morgan fingerprint density at radius 3 is 2.67 bits per heavy atom. The average Bonchev–Trinajstić information content (AvgIpc) is 2.58. The number of nitrogens with one attached hydrogen (secondary N) is 1. The molecule has 0 aromatic heterocycles. The first-order valence-corrected chi connectivity index (χ1v) is 5.45. The van der Waals surface area contributed by atoms with E-state index in [0.717, 1.165) is 32.4 Å². The van der Waals surface area contributed by atoms with Crippen molar-refractivity contribution in [2.45, 2.75) is 19.3 Å². The predicted molar refractivity (Wildman–Crippen MR) is 53.3 cm³/mol. The molecule has 2 saturated heterocycles. The molecule has 5 nitrogen and oxygen atoms in total. The summed E-state index contributed by atoms with van der Waals surface area (Å²) in [6.07, 6.45) is 2.70. The molecular weight excluding hydrogens is 196 g/mol. The standard InChI is InChI=1S/C10H16N2O3/c13-9-7-15-10(14)12(9)6-3-8-1-4-11-5-2-8/h8,11H,1-7H2. The summed E-state index contributed by atoms with van der Waals surface area (Å²) in [6.45, 7) is 2.53. The van der Waals surface area contributed by atoms with E-state index in [1.165, 1.54) is 4.90 Å². The second kappa shape index (κ2) is 4.61. The third kappa shape index (κ3) is 2.47. The van der Waals surface area contributed by atoms with Crippen molar-refractivity contribution in [1.29, 1.82) is 0 Å². The first kappa shape index (κ1) is 10.4. The van der Waals surface area contributed by atoms with E-state index in [-0.39, 0.29) is 12.5 Å². The Kier molecular flexibility index (Phi) is 3.20. The number of ether oxygens (including phenoxy) is 1. The van der Waals surface area contributed by atoms with E-state index >= 15 is 0 Å². The second-order valence-corrected chi connectivity index (χ2v) is 4.08. The average molecular weight is 212 g/mol. The van der Waals surface area contributed by atoms with Crippen molar-refractivity contribution in [2.75, 3.05) is 26.2 Å². The van der Waals surface area contributed by atoms with Crippen molar-refractivity contribution in [2.24, 2.45) is 5.92 Å². The minimum Gasteiger partial charge on any atom is -0.439 e. The fourth-order valence-corrected chi connectivity index (χ4v) is 2.08. The lowest BCUT2D eigenvalue weighted by atomic mass is 9.94. The number of imide groups is 1. The van der Waals surface area contributed by atoms with Crippen molar-refractivity contribution < 1.29 is 14.3 Å². The van der Waals surface area contributed by atoms with Gasteiger partial charge in [0.1, 0.15) is 0 Å². The van der Waals surface area contributed by atoms with Gasteiger partial charge in [0, 0.05) is 6.54 Å². The van der Waals surface area contributed by atoms with Crippen LogP contribution in [0, 0.1) is 5.92 Å². The molecule has 0 radical (unpaired) electrons. The molecule has 0 atom stereocenters. The van der Waals surface area contributed by atoms with Crippen molar-refractivity contribution in [3.8, 4) is 0 Å². The van der Waals surface area contributed by atoms with Crippen LogP contribution in [-0.4, -0.2) is 43.1 Å². The number of amides is 2. The van der Waals surface area contributed by atoms with E-state index in [1.807, 2.05) is 0 Å². The monoisotopic (exact) mass is 212 g/mol. The molecule has 0 aromatic carbocycles. The van der Waals surface area contributed by atoms with Gasteiger partial charge in [0.05, 0.1) is 0 Å². The summed E-state index contributed by atoms with van der Waals surface area (Å²) in [5.41, 5.74) is 0. The molecule has 2 aliphatic heterocycles. The second-order valence-electron chi connectivity index (χ2n) is 4.08. The highest BCUT2D eigenvalue weighted by Crippen LogP contribution is 2.17. The Morgan fingerprint density at radius 1 is 1.33 bits per heavy atom. The molecule has 84 valence electrons. The Balaban J connectivity index is 1.76. The number of rotatable bonds is 3. The lowest BCUT2D eigenvalue weighted by molar-refractivity contribution is -0.126. The van der Waals surface area contributed by atoms with Crippen molar-refractivity contribution in [3.63, 3.8) is 0 Å². The minimum atomic E-state index is -0.478. The van der Waals surface area contributed by atoms with Gasteiger partial charge in [0.2, 0.25) is 0 Å². The highest BCUT2D eigenvalue weighted by atomic mass is 16.6. The molecule has 0 saturated carbocycles. The van der Waals surface area contributed by atoms with Gasteiger partial charge in [-0.05, 0) is 38.3 Å². The van der Waals surface area contributed by atoms with Gasteiger partial charge in [0.15, 0.2) is 6.61 Å². The van der Waals surface area contributed by atoms with E-state index in [0.29, 0.717) is 12.5 Å². The molecule has 0 spiro atoms.